The molecule has 1 amide bonds. The molecule has 0 aliphatic carbocycles. The molecule has 5 heteroatoms. The average Bonchev–Trinajstić information content (AvgIpc) is 2.63. The molecule has 0 aliphatic heterocycles. The van der Waals surface area contributed by atoms with Gasteiger partial charge in [0.05, 0.1) is 17.9 Å². The summed E-state index contributed by atoms with van der Waals surface area (Å²) in [6.45, 7) is 3.95. The van der Waals surface area contributed by atoms with E-state index >= 15 is 0 Å². The number of nitrogens with one attached hydrogen (secondary N) is 1. The molecular weight excluding hydrogens is 314 g/mol. The lowest BCUT2D eigenvalue weighted by atomic mass is 10.0. The van der Waals surface area contributed by atoms with Crippen LogP contribution in [0.4, 0.5) is 0 Å². The predicted octanol–water partition coefficient (Wildman–Crippen LogP) is 3.79. The highest BCUT2D eigenvalue weighted by Crippen LogP contribution is 2.27. The van der Waals surface area contributed by atoms with Crippen LogP contribution in [-0.2, 0) is 0 Å². The van der Waals surface area contributed by atoms with Gasteiger partial charge in [-0.05, 0) is 42.8 Å². The molecule has 0 radical (unpaired) electrons. The van der Waals surface area contributed by atoms with Crippen LogP contribution in [0.5, 0.6) is 5.75 Å². The van der Waals surface area contributed by atoms with Gasteiger partial charge >= 0.3 is 0 Å². The van der Waals surface area contributed by atoms with Crippen molar-refractivity contribution in [2.75, 3.05) is 0 Å². The van der Waals surface area contributed by atoms with E-state index in [1.165, 1.54) is 6.20 Å². The lowest BCUT2D eigenvalue weighted by Gasteiger charge is -2.14. The number of benzene rings is 2. The zero-order chi connectivity index (χ0) is 17.6. The minimum absolute atomic E-state index is 0.0401. The first kappa shape index (κ1) is 16.6. The summed E-state index contributed by atoms with van der Waals surface area (Å²) >= 11 is 0. The van der Waals surface area contributed by atoms with Gasteiger partial charge in [-0.3, -0.25) is 9.78 Å². The molecular formula is C20H19N3O2. The third kappa shape index (κ3) is 4.01. The summed E-state index contributed by atoms with van der Waals surface area (Å²) < 4.78 is 5.88. The van der Waals surface area contributed by atoms with Crippen LogP contribution in [0.25, 0.3) is 10.8 Å². The van der Waals surface area contributed by atoms with Gasteiger partial charge in [0.2, 0.25) is 0 Å². The van der Waals surface area contributed by atoms with Crippen LogP contribution in [0.15, 0.2) is 66.0 Å². The number of carbonyl (C=O) groups is 1. The van der Waals surface area contributed by atoms with Gasteiger partial charge in [0.15, 0.2) is 0 Å². The smallest absolute Gasteiger partial charge is 0.272 e. The number of pyridine rings is 1. The van der Waals surface area contributed by atoms with E-state index < -0.39 is 0 Å². The summed E-state index contributed by atoms with van der Waals surface area (Å²) in [6, 6.07) is 15.3. The van der Waals surface area contributed by atoms with Crippen LogP contribution in [0.2, 0.25) is 0 Å². The number of hydrogen-bond acceptors (Lipinski definition) is 4. The fraction of sp³-hybridized carbons (Fsp3) is 0.150. The normalized spacial score (nSPS) is 11.2. The Labute approximate surface area is 146 Å². The molecule has 1 heterocycles. The molecule has 1 N–H and O–H groups in total. The lowest BCUT2D eigenvalue weighted by Crippen LogP contribution is -2.17. The molecule has 0 fully saturated rings. The van der Waals surface area contributed by atoms with Crippen LogP contribution in [0, 0.1) is 0 Å². The van der Waals surface area contributed by atoms with Gasteiger partial charge < -0.3 is 4.74 Å². The number of hydrazone groups is 1. The Morgan fingerprint density at radius 3 is 2.76 bits per heavy atom. The maximum atomic E-state index is 12.1. The third-order valence-electron chi connectivity index (χ3n) is 3.58. The first-order chi connectivity index (χ1) is 12.1. The molecule has 3 aromatic rings. The average molecular weight is 333 g/mol. The molecule has 0 saturated carbocycles. The van der Waals surface area contributed by atoms with Crippen molar-refractivity contribution >= 4 is 22.9 Å². The molecule has 25 heavy (non-hydrogen) atoms. The Bertz CT molecular complexity index is 905. The summed E-state index contributed by atoms with van der Waals surface area (Å²) in [5.74, 6) is 0.420. The van der Waals surface area contributed by atoms with E-state index in [0.29, 0.717) is 5.56 Å². The number of amides is 1. The standard InChI is InChI=1S/C20H19N3O2/c1-14(2)25-19-10-9-15-6-3-4-8-17(15)18(19)13-22-23-20(24)16-7-5-11-21-12-16/h3-14H,1-2H3,(H,23,24). The van der Waals surface area contributed by atoms with Crippen molar-refractivity contribution in [3.63, 3.8) is 0 Å². The SMILES string of the molecule is CC(C)Oc1ccc2ccccc2c1C=NNC(=O)c1cccnc1. The number of nitrogens with zero attached hydrogens (tertiary/aromatic N) is 2. The molecule has 0 atom stereocenters. The van der Waals surface area contributed by atoms with Gasteiger partial charge in [0, 0.05) is 18.0 Å². The van der Waals surface area contributed by atoms with Gasteiger partial charge in [-0.25, -0.2) is 5.43 Å². The van der Waals surface area contributed by atoms with Gasteiger partial charge in [0.25, 0.3) is 5.91 Å². The summed E-state index contributed by atoms with van der Waals surface area (Å²) in [6.07, 6.45) is 4.77. The molecule has 3 rings (SSSR count). The first-order valence-corrected chi connectivity index (χ1v) is 8.07. The van der Waals surface area contributed by atoms with Crippen LogP contribution in [0.1, 0.15) is 29.8 Å². The highest BCUT2D eigenvalue weighted by Gasteiger charge is 2.09. The van der Waals surface area contributed by atoms with Crippen molar-refractivity contribution < 1.29 is 9.53 Å². The topological polar surface area (TPSA) is 63.6 Å². The highest BCUT2D eigenvalue weighted by atomic mass is 16.5. The van der Waals surface area contributed by atoms with E-state index in [-0.39, 0.29) is 12.0 Å². The third-order valence-corrected chi connectivity index (χ3v) is 3.58. The quantitative estimate of drug-likeness (QED) is 0.571. The Hall–Kier alpha value is -3.21. The zero-order valence-electron chi connectivity index (χ0n) is 14.1. The van der Waals surface area contributed by atoms with Crippen LogP contribution in [-0.4, -0.2) is 23.2 Å². The van der Waals surface area contributed by atoms with E-state index in [1.807, 2.05) is 50.2 Å². The number of aromatic nitrogens is 1. The number of rotatable bonds is 5. The molecule has 0 saturated heterocycles. The van der Waals surface area contributed by atoms with Crippen molar-refractivity contribution in [1.29, 1.82) is 0 Å². The fourth-order valence-electron chi connectivity index (χ4n) is 2.48. The Kier molecular flexibility index (Phi) is 5.04. The maximum Gasteiger partial charge on any atom is 0.272 e. The number of ether oxygens (including phenoxy) is 1. The van der Waals surface area contributed by atoms with E-state index in [9.17, 15) is 4.79 Å². The molecule has 0 spiro atoms. The predicted molar refractivity (Wildman–Crippen MR) is 99.0 cm³/mol. The van der Waals surface area contributed by atoms with Gasteiger partial charge in [-0.1, -0.05) is 30.3 Å². The number of hydrogen-bond donors (Lipinski definition) is 1. The molecule has 5 nitrogen and oxygen atoms in total. The monoisotopic (exact) mass is 333 g/mol. The van der Waals surface area contributed by atoms with Gasteiger partial charge in [-0.15, -0.1) is 0 Å². The van der Waals surface area contributed by atoms with Crippen LogP contribution < -0.4 is 10.2 Å². The van der Waals surface area contributed by atoms with E-state index in [1.54, 1.807) is 24.5 Å². The number of carbonyl (C=O) groups excluding carboxylic acids is 1. The van der Waals surface area contributed by atoms with E-state index in [0.717, 1.165) is 22.1 Å². The summed E-state index contributed by atoms with van der Waals surface area (Å²) in [5, 5.41) is 6.20. The molecule has 0 bridgehead atoms. The van der Waals surface area contributed by atoms with E-state index in [4.69, 9.17) is 4.74 Å². The van der Waals surface area contributed by atoms with E-state index in [2.05, 4.69) is 15.5 Å². The highest BCUT2D eigenvalue weighted by molar-refractivity contribution is 6.03. The summed E-state index contributed by atoms with van der Waals surface area (Å²) in [7, 11) is 0. The molecule has 0 unspecified atom stereocenters. The minimum atomic E-state index is -0.309. The van der Waals surface area contributed by atoms with Crippen LogP contribution in [0.3, 0.4) is 0 Å². The first-order valence-electron chi connectivity index (χ1n) is 8.07. The minimum Gasteiger partial charge on any atom is -0.490 e. The lowest BCUT2D eigenvalue weighted by molar-refractivity contribution is 0.0954. The number of fused-ring (bicyclic) bond motifs is 1. The summed E-state index contributed by atoms with van der Waals surface area (Å²) in [4.78, 5) is 16.0. The Morgan fingerprint density at radius 2 is 2.00 bits per heavy atom. The van der Waals surface area contributed by atoms with Crippen molar-refractivity contribution in [3.8, 4) is 5.75 Å². The second-order valence-electron chi connectivity index (χ2n) is 5.81. The van der Waals surface area contributed by atoms with Crippen molar-refractivity contribution in [3.05, 3.63) is 72.1 Å². The summed E-state index contributed by atoms with van der Waals surface area (Å²) in [5.41, 5.74) is 3.81. The fourth-order valence-corrected chi connectivity index (χ4v) is 2.48. The van der Waals surface area contributed by atoms with Gasteiger partial charge in [-0.2, -0.15) is 5.10 Å². The van der Waals surface area contributed by atoms with Gasteiger partial charge in [0.1, 0.15) is 5.75 Å². The molecule has 2 aromatic carbocycles. The second kappa shape index (κ2) is 7.57. The zero-order valence-corrected chi connectivity index (χ0v) is 14.1. The largest absolute Gasteiger partial charge is 0.490 e. The second-order valence-corrected chi connectivity index (χ2v) is 5.81. The van der Waals surface area contributed by atoms with Crippen LogP contribution >= 0.6 is 0 Å². The van der Waals surface area contributed by atoms with Crippen molar-refractivity contribution in [2.45, 2.75) is 20.0 Å². The maximum absolute atomic E-state index is 12.1. The molecule has 1 aromatic heterocycles. The van der Waals surface area contributed by atoms with Crippen molar-refractivity contribution in [1.82, 2.24) is 10.4 Å². The molecule has 126 valence electrons. The Morgan fingerprint density at radius 1 is 1.16 bits per heavy atom. The molecule has 0 aliphatic rings. The van der Waals surface area contributed by atoms with Crippen molar-refractivity contribution in [2.24, 2.45) is 5.10 Å². The Balaban J connectivity index is 1.89.